The van der Waals surface area contributed by atoms with Crippen molar-refractivity contribution in [1.29, 1.82) is 0 Å². The molecule has 0 spiro atoms. The number of rotatable bonds is 5. The maximum atomic E-state index is 12.0. The van der Waals surface area contributed by atoms with E-state index in [4.69, 9.17) is 5.11 Å². The van der Waals surface area contributed by atoms with Crippen LogP contribution in [0.2, 0.25) is 0 Å². The van der Waals surface area contributed by atoms with Crippen LogP contribution in [0.3, 0.4) is 0 Å². The molecule has 3 N–H and O–H groups in total. The zero-order valence-corrected chi connectivity index (χ0v) is 11.3. The fraction of sp³-hybridized carbons (Fsp3) is 0.615. The van der Waals surface area contributed by atoms with Gasteiger partial charge in [-0.05, 0) is 19.4 Å². The first kappa shape index (κ1) is 14.5. The number of imidazole rings is 1. The largest absolute Gasteiger partial charge is 0.476 e. The lowest BCUT2D eigenvalue weighted by Crippen LogP contribution is -2.44. The molecule has 1 fully saturated rings. The molecule has 1 amide bonds. The van der Waals surface area contributed by atoms with Gasteiger partial charge in [-0.3, -0.25) is 4.79 Å². The molecule has 0 bridgehead atoms. The van der Waals surface area contributed by atoms with E-state index in [0.717, 1.165) is 25.8 Å². The summed E-state index contributed by atoms with van der Waals surface area (Å²) >= 11 is 0. The quantitative estimate of drug-likeness (QED) is 0.717. The molecule has 20 heavy (non-hydrogen) atoms. The first-order valence-electron chi connectivity index (χ1n) is 6.93. The van der Waals surface area contributed by atoms with Crippen LogP contribution in [-0.2, 0) is 11.3 Å². The van der Waals surface area contributed by atoms with Crippen LogP contribution in [0.25, 0.3) is 0 Å². The van der Waals surface area contributed by atoms with E-state index in [1.165, 1.54) is 18.9 Å². The average molecular weight is 280 g/mol. The van der Waals surface area contributed by atoms with E-state index in [1.807, 2.05) is 0 Å². The number of aromatic nitrogens is 2. The van der Waals surface area contributed by atoms with E-state index in [0.29, 0.717) is 13.1 Å². The Morgan fingerprint density at radius 3 is 3.05 bits per heavy atom. The van der Waals surface area contributed by atoms with Gasteiger partial charge in [-0.15, -0.1) is 0 Å². The Hall–Kier alpha value is -1.89. The summed E-state index contributed by atoms with van der Waals surface area (Å²) in [5.41, 5.74) is 0.0155. The molecule has 0 radical (unpaired) electrons. The van der Waals surface area contributed by atoms with Gasteiger partial charge in [0.05, 0.1) is 12.4 Å². The van der Waals surface area contributed by atoms with Gasteiger partial charge in [-0.1, -0.05) is 12.8 Å². The Labute approximate surface area is 117 Å². The van der Waals surface area contributed by atoms with Crippen LogP contribution in [0.5, 0.6) is 0 Å². The van der Waals surface area contributed by atoms with Crippen molar-refractivity contribution in [2.75, 3.05) is 13.1 Å². The van der Waals surface area contributed by atoms with Crippen molar-refractivity contribution >= 4 is 11.9 Å². The predicted molar refractivity (Wildman–Crippen MR) is 72.5 cm³/mol. The van der Waals surface area contributed by atoms with Crippen LogP contribution in [0, 0.1) is 0 Å². The summed E-state index contributed by atoms with van der Waals surface area (Å²) in [7, 11) is 0. The summed E-state index contributed by atoms with van der Waals surface area (Å²) in [6.07, 6.45) is 7.16. The molecule has 0 aromatic carbocycles. The minimum Gasteiger partial charge on any atom is -0.476 e. The standard InChI is InChI=1S/C13H20N4O3/c18-12(10-4-2-1-3-5-14-10)15-6-7-17-8-11(13(19)20)16-9-17/h8-10,14H,1-7H2,(H,15,18)(H,19,20). The first-order valence-corrected chi connectivity index (χ1v) is 6.93. The zero-order chi connectivity index (χ0) is 14.4. The Morgan fingerprint density at radius 1 is 1.45 bits per heavy atom. The summed E-state index contributed by atoms with van der Waals surface area (Å²) in [4.78, 5) is 26.4. The molecule has 1 aliphatic rings. The van der Waals surface area contributed by atoms with Crippen molar-refractivity contribution in [1.82, 2.24) is 20.2 Å². The van der Waals surface area contributed by atoms with Gasteiger partial charge in [0, 0.05) is 19.3 Å². The van der Waals surface area contributed by atoms with Crippen LogP contribution in [0.15, 0.2) is 12.5 Å². The van der Waals surface area contributed by atoms with Crippen LogP contribution in [0.1, 0.15) is 36.2 Å². The second-order valence-corrected chi connectivity index (χ2v) is 4.95. The van der Waals surface area contributed by atoms with Crippen molar-refractivity contribution in [3.63, 3.8) is 0 Å². The van der Waals surface area contributed by atoms with E-state index in [2.05, 4.69) is 15.6 Å². The molecule has 2 heterocycles. The van der Waals surface area contributed by atoms with Gasteiger partial charge in [0.15, 0.2) is 5.69 Å². The monoisotopic (exact) mass is 280 g/mol. The second kappa shape index (κ2) is 7.04. The van der Waals surface area contributed by atoms with Crippen molar-refractivity contribution in [2.24, 2.45) is 0 Å². The lowest BCUT2D eigenvalue weighted by molar-refractivity contribution is -0.123. The smallest absolute Gasteiger partial charge is 0.356 e. The van der Waals surface area contributed by atoms with Gasteiger partial charge >= 0.3 is 5.97 Å². The molecule has 2 rings (SSSR count). The van der Waals surface area contributed by atoms with Gasteiger partial charge in [-0.2, -0.15) is 0 Å². The number of aromatic carboxylic acids is 1. The highest BCUT2D eigenvalue weighted by atomic mass is 16.4. The van der Waals surface area contributed by atoms with Gasteiger partial charge in [0.2, 0.25) is 5.91 Å². The normalized spacial score (nSPS) is 19.3. The van der Waals surface area contributed by atoms with Gasteiger partial charge in [0.1, 0.15) is 0 Å². The van der Waals surface area contributed by atoms with Crippen molar-refractivity contribution in [3.05, 3.63) is 18.2 Å². The van der Waals surface area contributed by atoms with E-state index in [-0.39, 0.29) is 17.6 Å². The van der Waals surface area contributed by atoms with E-state index < -0.39 is 5.97 Å². The minimum absolute atomic E-state index is 0.0155. The number of amides is 1. The van der Waals surface area contributed by atoms with Crippen LogP contribution in [-0.4, -0.2) is 45.7 Å². The maximum Gasteiger partial charge on any atom is 0.356 e. The zero-order valence-electron chi connectivity index (χ0n) is 11.3. The highest BCUT2D eigenvalue weighted by Crippen LogP contribution is 2.08. The van der Waals surface area contributed by atoms with E-state index in [9.17, 15) is 9.59 Å². The van der Waals surface area contributed by atoms with Crippen molar-refractivity contribution in [2.45, 2.75) is 38.3 Å². The van der Waals surface area contributed by atoms with E-state index >= 15 is 0 Å². The summed E-state index contributed by atoms with van der Waals surface area (Å²) in [6, 6.07) is -0.102. The highest BCUT2D eigenvalue weighted by Gasteiger charge is 2.18. The molecule has 110 valence electrons. The third kappa shape index (κ3) is 4.06. The Morgan fingerprint density at radius 2 is 2.30 bits per heavy atom. The summed E-state index contributed by atoms with van der Waals surface area (Å²) in [6.45, 7) is 1.87. The molecule has 1 aromatic rings. The third-order valence-corrected chi connectivity index (χ3v) is 3.40. The Bertz CT molecular complexity index is 464. The number of nitrogens with one attached hydrogen (secondary N) is 2. The minimum atomic E-state index is -1.05. The fourth-order valence-electron chi connectivity index (χ4n) is 2.28. The molecule has 7 nitrogen and oxygen atoms in total. The number of nitrogens with zero attached hydrogens (tertiary/aromatic N) is 2. The van der Waals surface area contributed by atoms with Gasteiger partial charge < -0.3 is 20.3 Å². The van der Waals surface area contributed by atoms with Crippen LogP contribution < -0.4 is 10.6 Å². The van der Waals surface area contributed by atoms with Crippen LogP contribution >= 0.6 is 0 Å². The fourth-order valence-corrected chi connectivity index (χ4v) is 2.28. The molecule has 1 atom stereocenters. The van der Waals surface area contributed by atoms with Crippen LogP contribution in [0.4, 0.5) is 0 Å². The number of carboxylic acid groups (broad SMARTS) is 1. The summed E-state index contributed by atoms with van der Waals surface area (Å²) < 4.78 is 1.66. The number of carbonyl (C=O) groups excluding carboxylic acids is 1. The molecule has 1 unspecified atom stereocenters. The SMILES string of the molecule is O=C(O)c1cn(CCNC(=O)C2CCCCCN2)cn1. The maximum absolute atomic E-state index is 12.0. The Kier molecular flexibility index (Phi) is 5.11. The molecule has 1 saturated heterocycles. The van der Waals surface area contributed by atoms with Crippen molar-refractivity contribution in [3.8, 4) is 0 Å². The van der Waals surface area contributed by atoms with Gasteiger partial charge in [0.25, 0.3) is 0 Å². The lowest BCUT2D eigenvalue weighted by atomic mass is 10.1. The molecule has 1 aliphatic heterocycles. The average Bonchev–Trinajstić information content (AvgIpc) is 2.73. The number of hydrogen-bond acceptors (Lipinski definition) is 4. The predicted octanol–water partition coefficient (Wildman–Crippen LogP) is 0.230. The summed E-state index contributed by atoms with van der Waals surface area (Å²) in [5.74, 6) is -1.03. The molecule has 0 saturated carbocycles. The number of carboxylic acids is 1. The topological polar surface area (TPSA) is 96.2 Å². The molecular formula is C13H20N4O3. The van der Waals surface area contributed by atoms with Gasteiger partial charge in [-0.25, -0.2) is 9.78 Å². The third-order valence-electron chi connectivity index (χ3n) is 3.40. The van der Waals surface area contributed by atoms with E-state index in [1.54, 1.807) is 4.57 Å². The lowest BCUT2D eigenvalue weighted by Gasteiger charge is -2.15. The second-order valence-electron chi connectivity index (χ2n) is 4.95. The molecule has 1 aromatic heterocycles. The molecule has 7 heteroatoms. The number of hydrogen-bond donors (Lipinski definition) is 3. The number of carbonyl (C=O) groups is 2. The van der Waals surface area contributed by atoms with Crippen molar-refractivity contribution < 1.29 is 14.7 Å². The Balaban J connectivity index is 1.74. The highest BCUT2D eigenvalue weighted by molar-refractivity contribution is 5.84. The first-order chi connectivity index (χ1) is 9.66. The summed E-state index contributed by atoms with van der Waals surface area (Å²) in [5, 5.41) is 14.9. The molecule has 0 aliphatic carbocycles. The molecular weight excluding hydrogens is 260 g/mol.